The van der Waals surface area contributed by atoms with Crippen molar-refractivity contribution in [3.63, 3.8) is 0 Å². The van der Waals surface area contributed by atoms with E-state index in [4.69, 9.17) is 35.4 Å². The number of methoxy groups -OCH3 is 1. The maximum absolute atomic E-state index is 11.7. The van der Waals surface area contributed by atoms with E-state index in [-0.39, 0.29) is 12.2 Å². The molecule has 186 valence electrons. The van der Waals surface area contributed by atoms with Crippen molar-refractivity contribution in [2.45, 2.75) is 52.2 Å². The highest BCUT2D eigenvalue weighted by Gasteiger charge is 2.25. The molecule has 1 saturated heterocycles. The van der Waals surface area contributed by atoms with Gasteiger partial charge in [-0.2, -0.15) is 0 Å². The third kappa shape index (κ3) is 7.30. The number of nitrogens with zero attached hydrogens (tertiary/aromatic N) is 2. The molecule has 3 rings (SSSR count). The number of rotatable bonds is 10. The van der Waals surface area contributed by atoms with E-state index in [1.54, 1.807) is 44.4 Å². The monoisotopic (exact) mass is 493 g/mol. The van der Waals surface area contributed by atoms with E-state index in [1.807, 2.05) is 19.1 Å². The van der Waals surface area contributed by atoms with Crippen molar-refractivity contribution in [3.05, 3.63) is 35.5 Å². The van der Waals surface area contributed by atoms with Gasteiger partial charge in [0.05, 0.1) is 30.5 Å². The van der Waals surface area contributed by atoms with Crippen molar-refractivity contribution in [3.8, 4) is 17.2 Å². The zero-order valence-corrected chi connectivity index (χ0v) is 20.8. The maximum atomic E-state index is 11.7. The van der Waals surface area contributed by atoms with Crippen LogP contribution in [0.2, 0.25) is 5.02 Å². The zero-order chi connectivity index (χ0) is 24.5. The lowest BCUT2D eigenvalue weighted by Gasteiger charge is -2.30. The number of pyridine rings is 1. The van der Waals surface area contributed by atoms with Crippen LogP contribution in [0.4, 0.5) is 16.3 Å². The first-order valence-corrected chi connectivity index (χ1v) is 11.8. The lowest BCUT2D eigenvalue weighted by Crippen LogP contribution is -2.39. The first-order valence-electron chi connectivity index (χ1n) is 11.4. The quantitative estimate of drug-likeness (QED) is 0.425. The number of aromatic nitrogens is 1. The Labute approximate surface area is 205 Å². The SMILES string of the molecule is CCCOc1ccc(Nc2nccc(OC3CCN(OC(=O)OC(C)C)CC3)c2OC)c(Cl)c1. The van der Waals surface area contributed by atoms with Crippen molar-refractivity contribution in [2.75, 3.05) is 32.1 Å². The van der Waals surface area contributed by atoms with E-state index in [0.29, 0.717) is 66.3 Å². The van der Waals surface area contributed by atoms with E-state index in [1.165, 1.54) is 0 Å². The number of halogens is 1. The molecule has 1 aliphatic rings. The summed E-state index contributed by atoms with van der Waals surface area (Å²) in [5.74, 6) is 2.24. The highest BCUT2D eigenvalue weighted by Crippen LogP contribution is 2.38. The standard InChI is InChI=1S/C24H32ClN3O6/c1-5-14-31-18-6-7-20(19(25)15-18)27-23-22(30-4)21(8-11-26-23)33-17-9-12-28(13-10-17)34-24(29)32-16(2)3/h6-8,11,15-17H,5,9-10,12-14H2,1-4H3,(H,26,27). The van der Waals surface area contributed by atoms with Crippen LogP contribution in [0.5, 0.6) is 17.2 Å². The van der Waals surface area contributed by atoms with Gasteiger partial charge in [0.2, 0.25) is 5.75 Å². The number of nitrogens with one attached hydrogen (secondary N) is 1. The van der Waals surface area contributed by atoms with Gasteiger partial charge in [-0.15, -0.1) is 5.06 Å². The summed E-state index contributed by atoms with van der Waals surface area (Å²) in [6.45, 7) is 7.31. The fourth-order valence-corrected chi connectivity index (χ4v) is 3.60. The molecule has 0 unspecified atom stereocenters. The molecule has 1 N–H and O–H groups in total. The molecule has 1 fully saturated rings. The highest BCUT2D eigenvalue weighted by atomic mass is 35.5. The van der Waals surface area contributed by atoms with Gasteiger partial charge in [-0.3, -0.25) is 0 Å². The number of ether oxygens (including phenoxy) is 4. The number of anilines is 2. The third-order valence-corrected chi connectivity index (χ3v) is 5.28. The lowest BCUT2D eigenvalue weighted by atomic mass is 10.1. The molecule has 0 radical (unpaired) electrons. The third-order valence-electron chi connectivity index (χ3n) is 4.97. The summed E-state index contributed by atoms with van der Waals surface area (Å²) in [6.07, 6.45) is 2.93. The van der Waals surface area contributed by atoms with Gasteiger partial charge in [0, 0.05) is 44.3 Å². The Morgan fingerprint density at radius 3 is 2.68 bits per heavy atom. The smallest absolute Gasteiger partial charge is 0.494 e. The Kier molecular flexibility index (Phi) is 9.47. The summed E-state index contributed by atoms with van der Waals surface area (Å²) in [5, 5.41) is 5.31. The van der Waals surface area contributed by atoms with E-state index < -0.39 is 6.16 Å². The van der Waals surface area contributed by atoms with Crippen LogP contribution >= 0.6 is 11.6 Å². The summed E-state index contributed by atoms with van der Waals surface area (Å²) in [7, 11) is 1.56. The number of hydrogen-bond acceptors (Lipinski definition) is 9. The summed E-state index contributed by atoms with van der Waals surface area (Å²) < 4.78 is 22.5. The van der Waals surface area contributed by atoms with Gasteiger partial charge >= 0.3 is 6.16 Å². The van der Waals surface area contributed by atoms with Gasteiger partial charge in [0.1, 0.15) is 11.9 Å². The van der Waals surface area contributed by atoms with Crippen LogP contribution < -0.4 is 19.5 Å². The summed E-state index contributed by atoms with van der Waals surface area (Å²) in [5.41, 5.74) is 0.673. The Bertz CT molecular complexity index is 950. The molecule has 0 aliphatic carbocycles. The van der Waals surface area contributed by atoms with Crippen LogP contribution in [0.1, 0.15) is 40.0 Å². The second kappa shape index (κ2) is 12.5. The van der Waals surface area contributed by atoms with Gasteiger partial charge in [0.25, 0.3) is 0 Å². The van der Waals surface area contributed by atoms with Gasteiger partial charge in [-0.05, 0) is 32.4 Å². The predicted octanol–water partition coefficient (Wildman–Crippen LogP) is 5.60. The molecular formula is C24H32ClN3O6. The average molecular weight is 494 g/mol. The van der Waals surface area contributed by atoms with Crippen LogP contribution in [0, 0.1) is 0 Å². The molecule has 2 heterocycles. The average Bonchev–Trinajstić information content (AvgIpc) is 2.80. The number of carbonyl (C=O) groups excluding carboxylic acids is 1. The number of benzene rings is 1. The lowest BCUT2D eigenvalue weighted by molar-refractivity contribution is -0.151. The molecular weight excluding hydrogens is 462 g/mol. The minimum absolute atomic E-state index is 0.0660. The minimum atomic E-state index is -0.690. The molecule has 9 nitrogen and oxygen atoms in total. The van der Waals surface area contributed by atoms with Gasteiger partial charge in [-0.1, -0.05) is 18.5 Å². The van der Waals surface area contributed by atoms with Crippen molar-refractivity contribution in [2.24, 2.45) is 0 Å². The molecule has 0 saturated carbocycles. The summed E-state index contributed by atoms with van der Waals surface area (Å²) in [4.78, 5) is 21.3. The molecule has 1 aromatic carbocycles. The molecule has 2 aromatic rings. The van der Waals surface area contributed by atoms with Gasteiger partial charge < -0.3 is 29.1 Å². The Morgan fingerprint density at radius 1 is 1.26 bits per heavy atom. The molecule has 1 aliphatic heterocycles. The number of piperidine rings is 1. The Morgan fingerprint density at radius 2 is 2.03 bits per heavy atom. The van der Waals surface area contributed by atoms with Gasteiger partial charge in [-0.25, -0.2) is 9.78 Å². The molecule has 0 spiro atoms. The first kappa shape index (κ1) is 25.7. The van der Waals surface area contributed by atoms with E-state index in [0.717, 1.165) is 6.42 Å². The number of hydrogen-bond donors (Lipinski definition) is 1. The van der Waals surface area contributed by atoms with Crippen molar-refractivity contribution < 1.29 is 28.6 Å². The topological polar surface area (TPSA) is 91.4 Å². The number of carbonyl (C=O) groups is 1. The van der Waals surface area contributed by atoms with Crippen molar-refractivity contribution >= 4 is 29.3 Å². The van der Waals surface area contributed by atoms with E-state index in [2.05, 4.69) is 10.3 Å². The largest absolute Gasteiger partial charge is 0.528 e. The molecule has 0 bridgehead atoms. The van der Waals surface area contributed by atoms with Crippen molar-refractivity contribution in [1.29, 1.82) is 0 Å². The number of hydroxylamine groups is 2. The van der Waals surface area contributed by atoms with Crippen LogP contribution in [-0.2, 0) is 9.57 Å². The Balaban J connectivity index is 1.62. The molecule has 0 amide bonds. The molecule has 0 atom stereocenters. The predicted molar refractivity (Wildman–Crippen MR) is 129 cm³/mol. The van der Waals surface area contributed by atoms with Gasteiger partial charge in [0.15, 0.2) is 11.6 Å². The maximum Gasteiger partial charge on any atom is 0.528 e. The summed E-state index contributed by atoms with van der Waals surface area (Å²) in [6, 6.07) is 7.21. The summed E-state index contributed by atoms with van der Waals surface area (Å²) >= 11 is 6.43. The second-order valence-electron chi connectivity index (χ2n) is 8.06. The van der Waals surface area contributed by atoms with Crippen LogP contribution in [0.15, 0.2) is 30.5 Å². The van der Waals surface area contributed by atoms with Crippen LogP contribution in [0.25, 0.3) is 0 Å². The fourth-order valence-electron chi connectivity index (χ4n) is 3.38. The molecule has 1 aromatic heterocycles. The minimum Gasteiger partial charge on any atom is -0.494 e. The first-order chi connectivity index (χ1) is 16.4. The Hall–Kier alpha value is -2.91. The van der Waals surface area contributed by atoms with Crippen LogP contribution in [-0.4, -0.2) is 55.2 Å². The van der Waals surface area contributed by atoms with Crippen LogP contribution in [0.3, 0.4) is 0 Å². The fraction of sp³-hybridized carbons (Fsp3) is 0.500. The second-order valence-corrected chi connectivity index (χ2v) is 8.47. The zero-order valence-electron chi connectivity index (χ0n) is 20.0. The molecule has 34 heavy (non-hydrogen) atoms. The normalized spacial score (nSPS) is 14.5. The molecule has 10 heteroatoms. The van der Waals surface area contributed by atoms with E-state index >= 15 is 0 Å². The van der Waals surface area contributed by atoms with Crippen molar-refractivity contribution in [1.82, 2.24) is 10.0 Å². The van der Waals surface area contributed by atoms with E-state index in [9.17, 15) is 4.79 Å². The highest BCUT2D eigenvalue weighted by molar-refractivity contribution is 6.33.